The van der Waals surface area contributed by atoms with Gasteiger partial charge in [0.1, 0.15) is 11.0 Å². The number of carbonyl (C=O) groups is 1. The monoisotopic (exact) mass is 451 g/mol. The molecule has 3 rings (SSSR count). The molecule has 7 nitrogen and oxygen atoms in total. The van der Waals surface area contributed by atoms with Crippen molar-refractivity contribution in [1.29, 1.82) is 0 Å². The number of rotatable bonds is 8. The Morgan fingerprint density at radius 2 is 1.94 bits per heavy atom. The number of alkyl halides is 3. The smallest absolute Gasteiger partial charge is 0.416 e. The summed E-state index contributed by atoms with van der Waals surface area (Å²) in [4.78, 5) is 24.6. The third-order valence-electron chi connectivity index (χ3n) is 4.44. The predicted octanol–water partition coefficient (Wildman–Crippen LogP) is 4.20. The predicted molar refractivity (Wildman–Crippen MR) is 112 cm³/mol. The summed E-state index contributed by atoms with van der Waals surface area (Å²) >= 11 is 1.33. The second-order valence-corrected chi connectivity index (χ2v) is 7.79. The van der Waals surface area contributed by atoms with E-state index in [0.717, 1.165) is 17.0 Å². The van der Waals surface area contributed by atoms with Gasteiger partial charge in [-0.2, -0.15) is 13.2 Å². The number of nitrogens with zero attached hydrogens (tertiary/aromatic N) is 3. The van der Waals surface area contributed by atoms with Crippen molar-refractivity contribution in [3.8, 4) is 21.1 Å². The number of nitrogens with one attached hydrogen (secondary N) is 1. The minimum absolute atomic E-state index is 0.326. The van der Waals surface area contributed by atoms with Gasteiger partial charge in [0.25, 0.3) is 0 Å². The van der Waals surface area contributed by atoms with Crippen molar-refractivity contribution in [2.75, 3.05) is 11.9 Å². The van der Waals surface area contributed by atoms with E-state index in [4.69, 9.17) is 10.8 Å². The number of aryl methyl sites for hydroxylation is 1. The number of benzene rings is 1. The van der Waals surface area contributed by atoms with Crippen LogP contribution >= 0.6 is 11.3 Å². The summed E-state index contributed by atoms with van der Waals surface area (Å²) in [6, 6.07) is 5.70. The van der Waals surface area contributed by atoms with Crippen molar-refractivity contribution in [1.82, 2.24) is 15.0 Å². The molecule has 0 saturated heterocycles. The maximum Gasteiger partial charge on any atom is 0.416 e. The van der Waals surface area contributed by atoms with Gasteiger partial charge in [-0.15, -0.1) is 11.3 Å². The zero-order valence-electron chi connectivity index (χ0n) is 16.5. The molecular weight excluding hydrogens is 431 g/mol. The van der Waals surface area contributed by atoms with Crippen LogP contribution in [-0.4, -0.2) is 38.6 Å². The van der Waals surface area contributed by atoms with Crippen LogP contribution < -0.4 is 11.1 Å². The van der Waals surface area contributed by atoms with E-state index in [9.17, 15) is 18.0 Å². The Morgan fingerprint density at radius 3 is 2.58 bits per heavy atom. The van der Waals surface area contributed by atoms with E-state index in [2.05, 4.69) is 20.3 Å². The van der Waals surface area contributed by atoms with Crippen molar-refractivity contribution in [3.05, 3.63) is 47.8 Å². The van der Waals surface area contributed by atoms with E-state index >= 15 is 0 Å². The van der Waals surface area contributed by atoms with Crippen LogP contribution in [-0.2, 0) is 11.0 Å². The van der Waals surface area contributed by atoms with Gasteiger partial charge in [-0.3, -0.25) is 4.79 Å². The fraction of sp³-hybridized carbons (Fsp3) is 0.300. The first kappa shape index (κ1) is 22.6. The summed E-state index contributed by atoms with van der Waals surface area (Å²) in [5, 5.41) is 12.4. The van der Waals surface area contributed by atoms with Crippen LogP contribution in [0.3, 0.4) is 0 Å². The van der Waals surface area contributed by atoms with Gasteiger partial charge in [0, 0.05) is 18.3 Å². The van der Waals surface area contributed by atoms with E-state index in [1.807, 2.05) is 6.92 Å². The minimum atomic E-state index is -4.38. The number of carboxylic acid groups (broad SMARTS) is 1. The van der Waals surface area contributed by atoms with Crippen LogP contribution in [0, 0.1) is 6.92 Å². The van der Waals surface area contributed by atoms with Crippen LogP contribution in [0.1, 0.15) is 24.1 Å². The van der Waals surface area contributed by atoms with E-state index in [1.54, 1.807) is 12.3 Å². The number of nitrogens with two attached hydrogens (primary N) is 1. The van der Waals surface area contributed by atoms with Gasteiger partial charge < -0.3 is 16.2 Å². The van der Waals surface area contributed by atoms with Gasteiger partial charge in [0.05, 0.1) is 21.8 Å². The molecule has 1 aromatic carbocycles. The van der Waals surface area contributed by atoms with Gasteiger partial charge >= 0.3 is 12.1 Å². The lowest BCUT2D eigenvalue weighted by molar-refractivity contribution is -0.139. The number of anilines is 1. The molecule has 0 aliphatic carbocycles. The zero-order valence-corrected chi connectivity index (χ0v) is 17.3. The molecule has 1 unspecified atom stereocenters. The summed E-state index contributed by atoms with van der Waals surface area (Å²) < 4.78 is 38.3. The van der Waals surface area contributed by atoms with Crippen molar-refractivity contribution < 1.29 is 23.1 Å². The SMILES string of the molecule is Cc1nc(-c2ccc(C(F)(F)F)cc2)sc1-c1ccnc(NCCCC(N)C(=O)O)n1. The van der Waals surface area contributed by atoms with Crippen molar-refractivity contribution in [2.45, 2.75) is 32.0 Å². The fourth-order valence-electron chi connectivity index (χ4n) is 2.78. The highest BCUT2D eigenvalue weighted by Crippen LogP contribution is 2.36. The normalized spacial score (nSPS) is 12.5. The maximum atomic E-state index is 12.8. The van der Waals surface area contributed by atoms with E-state index in [0.29, 0.717) is 47.3 Å². The summed E-state index contributed by atoms with van der Waals surface area (Å²) in [5.41, 5.74) is 6.69. The lowest BCUT2D eigenvalue weighted by atomic mass is 10.1. The molecule has 31 heavy (non-hydrogen) atoms. The third-order valence-corrected chi connectivity index (χ3v) is 5.67. The van der Waals surface area contributed by atoms with E-state index < -0.39 is 23.8 Å². The number of aromatic nitrogens is 3. The number of thiazole rings is 1. The summed E-state index contributed by atoms with van der Waals surface area (Å²) in [5.74, 6) is -0.659. The molecule has 2 heterocycles. The molecule has 0 bridgehead atoms. The molecule has 1 atom stereocenters. The van der Waals surface area contributed by atoms with Crippen LogP contribution in [0.15, 0.2) is 36.5 Å². The van der Waals surface area contributed by atoms with E-state index in [1.165, 1.54) is 23.5 Å². The van der Waals surface area contributed by atoms with Crippen LogP contribution in [0.5, 0.6) is 0 Å². The minimum Gasteiger partial charge on any atom is -0.480 e. The van der Waals surface area contributed by atoms with Crippen molar-refractivity contribution >= 4 is 23.3 Å². The lowest BCUT2D eigenvalue weighted by Gasteiger charge is -2.08. The molecule has 11 heteroatoms. The van der Waals surface area contributed by atoms with Gasteiger partial charge in [0.15, 0.2) is 0 Å². The summed E-state index contributed by atoms with van der Waals surface area (Å²) in [6.45, 7) is 2.27. The quantitative estimate of drug-likeness (QED) is 0.440. The van der Waals surface area contributed by atoms with Crippen molar-refractivity contribution in [3.63, 3.8) is 0 Å². The van der Waals surface area contributed by atoms with Gasteiger partial charge in [-0.25, -0.2) is 15.0 Å². The molecule has 0 saturated carbocycles. The molecule has 0 amide bonds. The Morgan fingerprint density at radius 1 is 1.23 bits per heavy atom. The van der Waals surface area contributed by atoms with Crippen LogP contribution in [0.25, 0.3) is 21.1 Å². The number of aliphatic carboxylic acids is 1. The molecule has 0 aliphatic rings. The first-order chi connectivity index (χ1) is 14.6. The number of hydrogen-bond donors (Lipinski definition) is 3. The molecule has 2 aromatic heterocycles. The molecule has 3 aromatic rings. The lowest BCUT2D eigenvalue weighted by Crippen LogP contribution is -2.30. The van der Waals surface area contributed by atoms with Crippen LogP contribution in [0.4, 0.5) is 19.1 Å². The Bertz CT molecular complexity index is 1050. The molecule has 0 aliphatic heterocycles. The summed E-state index contributed by atoms with van der Waals surface area (Å²) in [7, 11) is 0. The van der Waals surface area contributed by atoms with Gasteiger partial charge in [-0.1, -0.05) is 12.1 Å². The Hall–Kier alpha value is -3.05. The highest BCUT2D eigenvalue weighted by atomic mass is 32.1. The molecule has 0 fully saturated rings. The first-order valence-corrected chi connectivity index (χ1v) is 10.2. The topological polar surface area (TPSA) is 114 Å². The second-order valence-electron chi connectivity index (χ2n) is 6.79. The highest BCUT2D eigenvalue weighted by Gasteiger charge is 2.30. The standard InChI is InChI=1S/C20H20F3N5O2S/c1-11-16(31-17(27-11)12-4-6-13(7-5-12)20(21,22)23)15-8-10-26-19(28-15)25-9-2-3-14(24)18(29)30/h4-8,10,14H,2-3,9,24H2,1H3,(H,29,30)(H,25,26,28). The molecule has 164 valence electrons. The van der Waals surface area contributed by atoms with Gasteiger partial charge in [-0.05, 0) is 38.0 Å². The van der Waals surface area contributed by atoms with Gasteiger partial charge in [0.2, 0.25) is 5.95 Å². The number of hydrogen-bond acceptors (Lipinski definition) is 7. The number of halogens is 3. The number of carboxylic acids is 1. The highest BCUT2D eigenvalue weighted by molar-refractivity contribution is 7.18. The Balaban J connectivity index is 1.72. The zero-order chi connectivity index (χ0) is 22.6. The average Bonchev–Trinajstić information content (AvgIpc) is 3.12. The van der Waals surface area contributed by atoms with Crippen molar-refractivity contribution in [2.24, 2.45) is 5.73 Å². The Labute approximate surface area is 180 Å². The van der Waals surface area contributed by atoms with E-state index in [-0.39, 0.29) is 0 Å². The first-order valence-electron chi connectivity index (χ1n) is 9.36. The second kappa shape index (κ2) is 9.40. The maximum absolute atomic E-state index is 12.8. The third kappa shape index (κ3) is 5.76. The average molecular weight is 451 g/mol. The fourth-order valence-corrected chi connectivity index (χ4v) is 3.82. The molecule has 4 N–H and O–H groups in total. The van der Waals surface area contributed by atoms with Crippen LogP contribution in [0.2, 0.25) is 0 Å². The Kier molecular flexibility index (Phi) is 6.86. The molecular formula is C20H20F3N5O2S. The molecule has 0 radical (unpaired) electrons. The summed E-state index contributed by atoms with van der Waals surface area (Å²) in [6.07, 6.45) is -1.93. The largest absolute Gasteiger partial charge is 0.480 e. The molecule has 0 spiro atoms.